The third-order valence-electron chi connectivity index (χ3n) is 5.07. The van der Waals surface area contributed by atoms with Crippen molar-refractivity contribution in [3.8, 4) is 5.75 Å². The third-order valence-corrected chi connectivity index (χ3v) is 5.07. The first-order chi connectivity index (χ1) is 13.5. The molecule has 6 heteroatoms. The summed E-state index contributed by atoms with van der Waals surface area (Å²) in [4.78, 5) is 24.3. The first-order valence-corrected chi connectivity index (χ1v) is 9.40. The Bertz CT molecular complexity index is 799. The van der Waals surface area contributed by atoms with Crippen LogP contribution < -0.4 is 10.1 Å². The molecular formula is C22H25NO5. The van der Waals surface area contributed by atoms with E-state index in [1.54, 1.807) is 55.5 Å². The van der Waals surface area contributed by atoms with Crippen LogP contribution in [-0.4, -0.2) is 42.8 Å². The highest BCUT2D eigenvalue weighted by Crippen LogP contribution is 2.24. The van der Waals surface area contributed by atoms with Crippen molar-refractivity contribution in [1.29, 1.82) is 0 Å². The number of carboxylic acids is 1. The lowest BCUT2D eigenvalue weighted by Crippen LogP contribution is -2.44. The van der Waals surface area contributed by atoms with Crippen LogP contribution >= 0.6 is 0 Å². The second kappa shape index (κ2) is 8.89. The first-order valence-electron chi connectivity index (χ1n) is 9.40. The SMILES string of the molecule is CC(CNC(=O)c1ccc(OC2CCOCC2)cc1)(C(=O)O)c1ccccc1. The summed E-state index contributed by atoms with van der Waals surface area (Å²) in [6.45, 7) is 3.01. The van der Waals surface area contributed by atoms with Crippen LogP contribution in [0.4, 0.5) is 0 Å². The fourth-order valence-corrected chi connectivity index (χ4v) is 3.14. The van der Waals surface area contributed by atoms with Gasteiger partial charge in [0.05, 0.1) is 13.2 Å². The van der Waals surface area contributed by atoms with Gasteiger partial charge in [-0.2, -0.15) is 0 Å². The quantitative estimate of drug-likeness (QED) is 0.768. The Balaban J connectivity index is 1.61. The van der Waals surface area contributed by atoms with Gasteiger partial charge in [-0.3, -0.25) is 9.59 Å². The highest BCUT2D eigenvalue weighted by molar-refractivity contribution is 5.95. The topological polar surface area (TPSA) is 84.9 Å². The Hall–Kier alpha value is -2.86. The minimum Gasteiger partial charge on any atom is -0.490 e. The predicted molar refractivity (Wildman–Crippen MR) is 105 cm³/mol. The van der Waals surface area contributed by atoms with Gasteiger partial charge in [-0.15, -0.1) is 0 Å². The molecule has 148 valence electrons. The number of carboxylic acid groups (broad SMARTS) is 1. The van der Waals surface area contributed by atoms with Crippen molar-refractivity contribution in [2.24, 2.45) is 0 Å². The minimum atomic E-state index is -1.21. The second-order valence-electron chi connectivity index (χ2n) is 7.14. The number of carbonyl (C=O) groups is 2. The molecular weight excluding hydrogens is 358 g/mol. The molecule has 2 aromatic carbocycles. The fourth-order valence-electron chi connectivity index (χ4n) is 3.14. The molecule has 6 nitrogen and oxygen atoms in total. The highest BCUT2D eigenvalue weighted by Gasteiger charge is 2.35. The molecule has 3 rings (SSSR count). The first kappa shape index (κ1) is 19.9. The molecule has 2 aromatic rings. The van der Waals surface area contributed by atoms with Gasteiger partial charge >= 0.3 is 5.97 Å². The van der Waals surface area contributed by atoms with E-state index in [4.69, 9.17) is 9.47 Å². The fraction of sp³-hybridized carbons (Fsp3) is 0.364. The van der Waals surface area contributed by atoms with Crippen LogP contribution in [0.25, 0.3) is 0 Å². The lowest BCUT2D eigenvalue weighted by atomic mass is 9.82. The van der Waals surface area contributed by atoms with E-state index in [2.05, 4.69) is 5.32 Å². The number of carbonyl (C=O) groups excluding carboxylic acids is 1. The van der Waals surface area contributed by atoms with Crippen LogP contribution in [0.5, 0.6) is 5.75 Å². The molecule has 0 aliphatic carbocycles. The molecule has 2 N–H and O–H groups in total. The predicted octanol–water partition coefficient (Wildman–Crippen LogP) is 3.02. The zero-order valence-corrected chi connectivity index (χ0v) is 15.9. The molecule has 1 aliphatic heterocycles. The summed E-state index contributed by atoms with van der Waals surface area (Å²) >= 11 is 0. The maximum Gasteiger partial charge on any atom is 0.315 e. The molecule has 0 spiro atoms. The molecule has 0 saturated carbocycles. The summed E-state index contributed by atoms with van der Waals surface area (Å²) in [7, 11) is 0. The van der Waals surface area contributed by atoms with E-state index in [1.807, 2.05) is 6.07 Å². The molecule has 1 heterocycles. The van der Waals surface area contributed by atoms with E-state index in [-0.39, 0.29) is 18.6 Å². The number of hydrogen-bond donors (Lipinski definition) is 2. The van der Waals surface area contributed by atoms with Gasteiger partial charge in [0.25, 0.3) is 5.91 Å². The summed E-state index contributed by atoms with van der Waals surface area (Å²) in [5.41, 5.74) is -0.105. The number of amides is 1. The Labute approximate surface area is 164 Å². The molecule has 1 fully saturated rings. The van der Waals surface area contributed by atoms with Gasteiger partial charge < -0.3 is 19.9 Å². The largest absolute Gasteiger partial charge is 0.490 e. The standard InChI is InChI=1S/C22H25NO5/c1-22(21(25)26,17-5-3-2-4-6-17)15-23-20(24)16-7-9-18(10-8-16)28-19-11-13-27-14-12-19/h2-10,19H,11-15H2,1H3,(H,23,24)(H,25,26). The number of nitrogens with one attached hydrogen (secondary N) is 1. The van der Waals surface area contributed by atoms with Crippen LogP contribution in [-0.2, 0) is 14.9 Å². The van der Waals surface area contributed by atoms with E-state index in [0.717, 1.165) is 12.8 Å². The Morgan fingerprint density at radius 1 is 1.11 bits per heavy atom. The number of ether oxygens (including phenoxy) is 2. The van der Waals surface area contributed by atoms with Crippen LogP contribution in [0, 0.1) is 0 Å². The van der Waals surface area contributed by atoms with E-state index in [1.165, 1.54) is 0 Å². The number of hydrogen-bond acceptors (Lipinski definition) is 4. The van der Waals surface area contributed by atoms with Gasteiger partial charge in [0.1, 0.15) is 17.3 Å². The van der Waals surface area contributed by atoms with Crippen LogP contribution in [0.1, 0.15) is 35.7 Å². The van der Waals surface area contributed by atoms with E-state index >= 15 is 0 Å². The van der Waals surface area contributed by atoms with Crippen molar-refractivity contribution in [1.82, 2.24) is 5.32 Å². The molecule has 1 atom stereocenters. The zero-order valence-electron chi connectivity index (χ0n) is 15.9. The summed E-state index contributed by atoms with van der Waals surface area (Å²) in [5.74, 6) is -0.594. The zero-order chi connectivity index (χ0) is 20.0. The van der Waals surface area contributed by atoms with Crippen LogP contribution in [0.15, 0.2) is 54.6 Å². The van der Waals surface area contributed by atoms with Crippen molar-refractivity contribution in [3.05, 3.63) is 65.7 Å². The van der Waals surface area contributed by atoms with Crippen LogP contribution in [0.3, 0.4) is 0 Å². The molecule has 0 radical (unpaired) electrons. The monoisotopic (exact) mass is 383 g/mol. The summed E-state index contributed by atoms with van der Waals surface area (Å²) in [6, 6.07) is 15.8. The lowest BCUT2D eigenvalue weighted by molar-refractivity contribution is -0.142. The molecule has 1 amide bonds. The Morgan fingerprint density at radius 2 is 1.75 bits per heavy atom. The average molecular weight is 383 g/mol. The average Bonchev–Trinajstić information content (AvgIpc) is 2.73. The molecule has 1 unspecified atom stereocenters. The maximum atomic E-state index is 12.5. The van der Waals surface area contributed by atoms with E-state index < -0.39 is 11.4 Å². The summed E-state index contributed by atoms with van der Waals surface area (Å²) < 4.78 is 11.2. The Morgan fingerprint density at radius 3 is 2.36 bits per heavy atom. The van der Waals surface area contributed by atoms with Gasteiger partial charge in [-0.25, -0.2) is 0 Å². The van der Waals surface area contributed by atoms with E-state index in [0.29, 0.717) is 30.1 Å². The molecule has 0 aromatic heterocycles. The summed E-state index contributed by atoms with van der Waals surface area (Å²) in [5, 5.41) is 12.4. The van der Waals surface area contributed by atoms with Gasteiger partial charge in [-0.05, 0) is 36.8 Å². The van der Waals surface area contributed by atoms with Gasteiger partial charge in [0.15, 0.2) is 0 Å². The van der Waals surface area contributed by atoms with E-state index in [9.17, 15) is 14.7 Å². The second-order valence-corrected chi connectivity index (χ2v) is 7.14. The van der Waals surface area contributed by atoms with Crippen molar-refractivity contribution in [2.45, 2.75) is 31.3 Å². The summed E-state index contributed by atoms with van der Waals surface area (Å²) in [6.07, 6.45) is 1.85. The molecule has 28 heavy (non-hydrogen) atoms. The molecule has 1 aliphatic rings. The van der Waals surface area contributed by atoms with Crippen molar-refractivity contribution >= 4 is 11.9 Å². The number of aliphatic carboxylic acids is 1. The van der Waals surface area contributed by atoms with Gasteiger partial charge in [-0.1, -0.05) is 30.3 Å². The number of benzene rings is 2. The van der Waals surface area contributed by atoms with Crippen LogP contribution in [0.2, 0.25) is 0 Å². The van der Waals surface area contributed by atoms with Crippen molar-refractivity contribution in [2.75, 3.05) is 19.8 Å². The van der Waals surface area contributed by atoms with Gasteiger partial charge in [0.2, 0.25) is 0 Å². The number of rotatable bonds is 7. The lowest BCUT2D eigenvalue weighted by Gasteiger charge is -2.25. The van der Waals surface area contributed by atoms with Crippen molar-refractivity contribution < 1.29 is 24.2 Å². The maximum absolute atomic E-state index is 12.5. The molecule has 1 saturated heterocycles. The Kier molecular flexibility index (Phi) is 6.31. The highest BCUT2D eigenvalue weighted by atomic mass is 16.5. The van der Waals surface area contributed by atoms with Gasteiger partial charge in [0, 0.05) is 24.9 Å². The van der Waals surface area contributed by atoms with Crippen molar-refractivity contribution in [3.63, 3.8) is 0 Å². The minimum absolute atomic E-state index is 0.00843. The third kappa shape index (κ3) is 4.70. The normalized spacial score (nSPS) is 16.8. The smallest absolute Gasteiger partial charge is 0.315 e. The molecule has 0 bridgehead atoms.